The Morgan fingerprint density at radius 2 is 0.639 bits per heavy atom. The van der Waals surface area contributed by atoms with Crippen LogP contribution < -0.4 is 9.80 Å². The van der Waals surface area contributed by atoms with Gasteiger partial charge < -0.3 is 9.80 Å². The Kier molecular flexibility index (Phi) is 8.84. The summed E-state index contributed by atoms with van der Waals surface area (Å²) in [5.41, 5.74) is 11.7. The molecule has 61 heavy (non-hydrogen) atoms. The first-order chi connectivity index (χ1) is 30.0. The van der Waals surface area contributed by atoms with Crippen molar-refractivity contribution in [3.63, 3.8) is 0 Å². The van der Waals surface area contributed by atoms with Crippen LogP contribution >= 0.6 is 0 Å². The van der Waals surface area contributed by atoms with Gasteiger partial charge in [0.25, 0.3) is 0 Å². The van der Waals surface area contributed by atoms with Gasteiger partial charge in [-0.25, -0.2) is 8.42 Å². The van der Waals surface area contributed by atoms with Crippen LogP contribution in [0.1, 0.15) is 0 Å². The molecule has 11 rings (SSSR count). The van der Waals surface area contributed by atoms with E-state index >= 15 is 0 Å². The highest BCUT2D eigenvalue weighted by Crippen LogP contribution is 2.47. The molecule has 10 aromatic rings. The number of fused-ring (bicyclic) bond motifs is 5. The molecule has 0 radical (unpaired) electrons. The summed E-state index contributed by atoms with van der Waals surface area (Å²) in [4.78, 5) is 5.26. The molecule has 1 aliphatic rings. The third kappa shape index (κ3) is 6.35. The van der Waals surface area contributed by atoms with E-state index in [1.807, 2.05) is 36.4 Å². The molecule has 1 aliphatic heterocycles. The number of anilines is 6. The highest BCUT2D eigenvalue weighted by atomic mass is 32.2. The van der Waals surface area contributed by atoms with Crippen LogP contribution in [0.25, 0.3) is 54.9 Å². The predicted molar refractivity (Wildman–Crippen MR) is 253 cm³/mol. The Morgan fingerprint density at radius 1 is 0.295 bits per heavy atom. The van der Waals surface area contributed by atoms with Gasteiger partial charge in [-0.2, -0.15) is 0 Å². The lowest BCUT2D eigenvalue weighted by Crippen LogP contribution is -2.10. The van der Waals surface area contributed by atoms with Gasteiger partial charge in [0.15, 0.2) is 0 Å². The van der Waals surface area contributed by atoms with Crippen LogP contribution in [-0.4, -0.2) is 8.42 Å². The highest BCUT2D eigenvalue weighted by molar-refractivity contribution is 7.92. The van der Waals surface area contributed by atoms with Gasteiger partial charge in [-0.05, 0) is 118 Å². The molecule has 1 heterocycles. The van der Waals surface area contributed by atoms with E-state index in [0.717, 1.165) is 67.5 Å². The molecule has 0 atom stereocenters. The van der Waals surface area contributed by atoms with Crippen LogP contribution in [0.15, 0.2) is 240 Å². The SMILES string of the molecule is O=S1(=O)c2ccc(-c3ccc(N(c4ccccc4)c4cccc5ccccc45)cc3)cc2-c2cc(-c3ccc(N(c4ccccc4)c4cccc5ccccc45)cc3)ccc21. The van der Waals surface area contributed by atoms with Gasteiger partial charge in [-0.15, -0.1) is 0 Å². The third-order valence-electron chi connectivity index (χ3n) is 11.8. The minimum atomic E-state index is -3.67. The van der Waals surface area contributed by atoms with Gasteiger partial charge in [-0.1, -0.05) is 146 Å². The summed E-state index contributed by atoms with van der Waals surface area (Å²) < 4.78 is 27.8. The predicted octanol–water partition coefficient (Wildman–Crippen LogP) is 15.1. The van der Waals surface area contributed by atoms with Crippen molar-refractivity contribution in [2.45, 2.75) is 9.79 Å². The van der Waals surface area contributed by atoms with Crippen molar-refractivity contribution in [2.75, 3.05) is 9.80 Å². The highest BCUT2D eigenvalue weighted by Gasteiger charge is 2.33. The molecule has 0 amide bonds. The maximum Gasteiger partial charge on any atom is 0.207 e. The second kappa shape index (κ2) is 14.8. The topological polar surface area (TPSA) is 40.6 Å². The molecule has 0 aromatic heterocycles. The van der Waals surface area contributed by atoms with Crippen molar-refractivity contribution < 1.29 is 8.42 Å². The standard InChI is InChI=1S/C56H38N2O2S/c59-61(60)55-35-29-43(39-25-31-47(32-26-39)57(45-17-3-1-4-18-45)53-23-11-15-41-13-7-9-21-49(41)53)37-51(55)52-38-44(30-36-56(52)61)40-27-33-48(34-28-40)58(46-19-5-2-6-20-46)54-24-12-16-42-14-8-10-22-50(42)54/h1-38H. The van der Waals surface area contributed by atoms with Gasteiger partial charge in [0.1, 0.15) is 0 Å². The molecule has 0 bridgehead atoms. The molecular weight excluding hydrogens is 765 g/mol. The minimum absolute atomic E-state index is 0.343. The summed E-state index contributed by atoms with van der Waals surface area (Å²) in [5.74, 6) is 0. The lowest BCUT2D eigenvalue weighted by Gasteiger charge is -2.27. The van der Waals surface area contributed by atoms with Crippen LogP contribution in [0.4, 0.5) is 34.1 Å². The molecule has 0 saturated carbocycles. The molecule has 4 nitrogen and oxygen atoms in total. The van der Waals surface area contributed by atoms with Gasteiger partial charge >= 0.3 is 0 Å². The molecular formula is C56H38N2O2S. The van der Waals surface area contributed by atoms with Crippen LogP contribution in [-0.2, 0) is 9.84 Å². The van der Waals surface area contributed by atoms with Crippen LogP contribution in [0.5, 0.6) is 0 Å². The van der Waals surface area contributed by atoms with Gasteiger partial charge in [0.05, 0.1) is 21.2 Å². The van der Waals surface area contributed by atoms with Crippen LogP contribution in [0.2, 0.25) is 0 Å². The van der Waals surface area contributed by atoms with E-state index in [1.54, 1.807) is 12.1 Å². The Morgan fingerprint density at radius 3 is 1.07 bits per heavy atom. The minimum Gasteiger partial charge on any atom is -0.310 e. The molecule has 0 spiro atoms. The molecule has 10 aromatic carbocycles. The molecule has 290 valence electrons. The van der Waals surface area contributed by atoms with E-state index in [4.69, 9.17) is 0 Å². The Labute approximate surface area is 355 Å². The smallest absolute Gasteiger partial charge is 0.207 e. The summed E-state index contributed by atoms with van der Waals surface area (Å²) in [6.07, 6.45) is 0. The quantitative estimate of drug-likeness (QED) is 0.153. The molecule has 0 unspecified atom stereocenters. The van der Waals surface area contributed by atoms with E-state index in [9.17, 15) is 8.42 Å². The largest absolute Gasteiger partial charge is 0.310 e. The normalized spacial score (nSPS) is 12.5. The van der Waals surface area contributed by atoms with Crippen LogP contribution in [0, 0.1) is 0 Å². The zero-order valence-corrected chi connectivity index (χ0v) is 33.9. The van der Waals surface area contributed by atoms with Crippen molar-refractivity contribution in [1.29, 1.82) is 0 Å². The van der Waals surface area contributed by atoms with Crippen LogP contribution in [0.3, 0.4) is 0 Å². The zero-order chi connectivity index (χ0) is 40.9. The van der Waals surface area contributed by atoms with Crippen molar-refractivity contribution in [3.8, 4) is 33.4 Å². The number of benzene rings is 10. The van der Waals surface area contributed by atoms with E-state index < -0.39 is 9.84 Å². The fourth-order valence-corrected chi connectivity index (χ4v) is 10.5. The summed E-state index contributed by atoms with van der Waals surface area (Å²) in [5, 5.41) is 4.69. The first-order valence-corrected chi connectivity index (χ1v) is 21.9. The first-order valence-electron chi connectivity index (χ1n) is 20.4. The third-order valence-corrected chi connectivity index (χ3v) is 13.7. The Hall–Kier alpha value is -7.73. The second-order valence-electron chi connectivity index (χ2n) is 15.4. The maximum atomic E-state index is 13.9. The van der Waals surface area contributed by atoms with E-state index in [1.165, 1.54) is 21.5 Å². The number of para-hydroxylation sites is 2. The summed E-state index contributed by atoms with van der Waals surface area (Å²) in [6.45, 7) is 0. The first kappa shape index (κ1) is 36.4. The zero-order valence-electron chi connectivity index (χ0n) is 33.1. The average molecular weight is 803 g/mol. The van der Waals surface area contributed by atoms with Crippen molar-refractivity contribution >= 4 is 65.5 Å². The van der Waals surface area contributed by atoms with E-state index in [-0.39, 0.29) is 0 Å². The summed E-state index contributed by atoms with van der Waals surface area (Å²) >= 11 is 0. The monoisotopic (exact) mass is 802 g/mol. The number of sulfone groups is 1. The maximum absolute atomic E-state index is 13.9. The average Bonchev–Trinajstić information content (AvgIpc) is 3.55. The van der Waals surface area contributed by atoms with Crippen molar-refractivity contribution in [3.05, 3.63) is 231 Å². The van der Waals surface area contributed by atoms with Gasteiger partial charge in [-0.3, -0.25) is 0 Å². The number of hydrogen-bond donors (Lipinski definition) is 0. The van der Waals surface area contributed by atoms with Crippen molar-refractivity contribution in [2.24, 2.45) is 0 Å². The number of rotatable bonds is 8. The fraction of sp³-hybridized carbons (Fsp3) is 0. The molecule has 0 aliphatic carbocycles. The van der Waals surface area contributed by atoms with E-state index in [2.05, 4.69) is 192 Å². The molecule has 5 heteroatoms. The van der Waals surface area contributed by atoms with Crippen molar-refractivity contribution in [1.82, 2.24) is 0 Å². The summed E-state index contributed by atoms with van der Waals surface area (Å²) in [6, 6.07) is 79.0. The Bertz CT molecular complexity index is 3130. The Balaban J connectivity index is 0.940. The van der Waals surface area contributed by atoms with E-state index in [0.29, 0.717) is 9.79 Å². The second-order valence-corrected chi connectivity index (χ2v) is 17.2. The fourth-order valence-electron chi connectivity index (χ4n) is 8.85. The lowest BCUT2D eigenvalue weighted by molar-refractivity contribution is 0.598. The number of nitrogens with zero attached hydrogens (tertiary/aromatic N) is 2. The summed E-state index contributed by atoms with van der Waals surface area (Å²) in [7, 11) is -3.67. The molecule has 0 saturated heterocycles. The molecule has 0 fully saturated rings. The molecule has 0 N–H and O–H groups in total. The number of hydrogen-bond acceptors (Lipinski definition) is 4. The van der Waals surface area contributed by atoms with Gasteiger partial charge in [0, 0.05) is 44.6 Å². The van der Waals surface area contributed by atoms with Gasteiger partial charge in [0.2, 0.25) is 9.84 Å². The lowest BCUT2D eigenvalue weighted by atomic mass is 9.96.